The summed E-state index contributed by atoms with van der Waals surface area (Å²) in [5, 5.41) is 17.5. The third-order valence-corrected chi connectivity index (χ3v) is 4.45. The number of carbonyl (C=O) groups excluding carboxylic acids is 1. The van der Waals surface area contributed by atoms with E-state index in [1.54, 1.807) is 24.3 Å². The summed E-state index contributed by atoms with van der Waals surface area (Å²) in [6.45, 7) is -0.192. The summed E-state index contributed by atoms with van der Waals surface area (Å²) in [4.78, 5) is 11.0. The third kappa shape index (κ3) is 4.66. The number of aliphatic hydroxyl groups excluding tert-OH is 1. The molecule has 0 radical (unpaired) electrons. The van der Waals surface area contributed by atoms with Crippen molar-refractivity contribution in [3.05, 3.63) is 65.7 Å². The molecule has 4 N–H and O–H groups in total. The van der Waals surface area contributed by atoms with Crippen LogP contribution in [0.4, 0.5) is 5.69 Å². The van der Waals surface area contributed by atoms with Crippen molar-refractivity contribution >= 4 is 27.7 Å². The topological polar surface area (TPSA) is 116 Å². The monoisotopic (exact) mass is 348 g/mol. The van der Waals surface area contributed by atoms with Gasteiger partial charge in [-0.15, -0.1) is 0 Å². The molecule has 0 aliphatic carbocycles. The van der Waals surface area contributed by atoms with Gasteiger partial charge in [0.05, 0.1) is 11.5 Å². The molecular weight excluding hydrogens is 332 g/mol. The molecule has 0 aliphatic rings. The van der Waals surface area contributed by atoms with Crippen LogP contribution in [0, 0.1) is 0 Å². The summed E-state index contributed by atoms with van der Waals surface area (Å²) in [5.41, 5.74) is 2.84. The van der Waals surface area contributed by atoms with E-state index < -0.39 is 15.9 Å². The molecule has 126 valence electrons. The minimum absolute atomic E-state index is 0.0171. The Kier molecular flexibility index (Phi) is 5.69. The molecule has 24 heavy (non-hydrogen) atoms. The van der Waals surface area contributed by atoms with E-state index in [-0.39, 0.29) is 11.5 Å². The van der Waals surface area contributed by atoms with E-state index in [0.29, 0.717) is 16.8 Å². The number of benzene rings is 2. The number of rotatable bonds is 6. The molecule has 0 aromatic heterocycles. The largest absolute Gasteiger partial charge is 0.392 e. The molecule has 0 unspecified atom stereocenters. The van der Waals surface area contributed by atoms with Gasteiger partial charge in [-0.1, -0.05) is 24.3 Å². The Morgan fingerprint density at radius 3 is 2.58 bits per heavy atom. The van der Waals surface area contributed by atoms with Gasteiger partial charge in [-0.2, -0.15) is 0 Å². The number of anilines is 1. The smallest absolute Gasteiger partial charge is 0.267 e. The van der Waals surface area contributed by atoms with E-state index in [0.717, 1.165) is 6.08 Å². The van der Waals surface area contributed by atoms with E-state index in [1.807, 2.05) is 0 Å². The number of aliphatic hydroxyl groups is 1. The Morgan fingerprint density at radius 2 is 1.88 bits per heavy atom. The van der Waals surface area contributed by atoms with Crippen LogP contribution >= 0.6 is 0 Å². The van der Waals surface area contributed by atoms with Crippen molar-refractivity contribution in [1.29, 1.82) is 0 Å². The third-order valence-electron chi connectivity index (χ3n) is 3.07. The highest BCUT2D eigenvalue weighted by Gasteiger charge is 2.14. The van der Waals surface area contributed by atoms with Crippen LogP contribution in [-0.2, 0) is 21.4 Å². The van der Waals surface area contributed by atoms with Crippen LogP contribution in [0.1, 0.15) is 11.1 Å². The fourth-order valence-electron chi connectivity index (χ4n) is 1.94. The number of hydrogen-bond donors (Lipinski definition) is 4. The zero-order valence-electron chi connectivity index (χ0n) is 12.5. The first kappa shape index (κ1) is 17.7. The first-order chi connectivity index (χ1) is 11.4. The highest BCUT2D eigenvalue weighted by atomic mass is 32.2. The standard InChI is InChI=1S/C16H16N2O5S/c19-11-13-4-1-5-14(9-13)18-24(22,23)15-6-2-3-12(10-15)7-8-16(20)17-21/h1-10,18-19,21H,11H2,(H,17,20). The van der Waals surface area contributed by atoms with Crippen molar-refractivity contribution in [2.75, 3.05) is 4.72 Å². The maximum absolute atomic E-state index is 12.4. The Bertz CT molecular complexity index is 862. The van der Waals surface area contributed by atoms with Gasteiger partial charge in [0, 0.05) is 11.8 Å². The van der Waals surface area contributed by atoms with Crippen LogP contribution in [-0.4, -0.2) is 24.6 Å². The summed E-state index contributed by atoms with van der Waals surface area (Å²) in [6.07, 6.45) is 2.45. The molecule has 0 fully saturated rings. The van der Waals surface area contributed by atoms with Crippen LogP contribution in [0.25, 0.3) is 6.08 Å². The normalized spacial score (nSPS) is 11.4. The molecule has 7 nitrogen and oxygen atoms in total. The Hall–Kier alpha value is -2.68. The van der Waals surface area contributed by atoms with Crippen LogP contribution in [0.3, 0.4) is 0 Å². The zero-order chi connectivity index (χ0) is 17.6. The number of carbonyl (C=O) groups is 1. The maximum Gasteiger partial charge on any atom is 0.267 e. The van der Waals surface area contributed by atoms with E-state index in [4.69, 9.17) is 10.3 Å². The number of sulfonamides is 1. The van der Waals surface area contributed by atoms with Crippen molar-refractivity contribution in [1.82, 2.24) is 5.48 Å². The zero-order valence-corrected chi connectivity index (χ0v) is 13.3. The average molecular weight is 348 g/mol. The van der Waals surface area contributed by atoms with Gasteiger partial charge in [0.2, 0.25) is 0 Å². The fraction of sp³-hybridized carbons (Fsp3) is 0.0625. The lowest BCUT2D eigenvalue weighted by atomic mass is 10.2. The minimum Gasteiger partial charge on any atom is -0.392 e. The SMILES string of the molecule is O=C(C=Cc1cccc(S(=O)(=O)Nc2cccc(CO)c2)c1)NO. The van der Waals surface area contributed by atoms with Crippen LogP contribution < -0.4 is 10.2 Å². The van der Waals surface area contributed by atoms with Crippen molar-refractivity contribution < 1.29 is 23.5 Å². The van der Waals surface area contributed by atoms with Gasteiger partial charge in [-0.3, -0.25) is 14.7 Å². The molecule has 0 atom stereocenters. The molecule has 0 aliphatic heterocycles. The van der Waals surface area contributed by atoms with Gasteiger partial charge in [-0.05, 0) is 41.5 Å². The van der Waals surface area contributed by atoms with Crippen molar-refractivity contribution in [2.24, 2.45) is 0 Å². The molecule has 0 saturated carbocycles. The number of hydrogen-bond acceptors (Lipinski definition) is 5. The van der Waals surface area contributed by atoms with E-state index in [1.165, 1.54) is 35.8 Å². The second kappa shape index (κ2) is 7.73. The molecule has 0 spiro atoms. The van der Waals surface area contributed by atoms with Crippen molar-refractivity contribution in [3.63, 3.8) is 0 Å². The average Bonchev–Trinajstić information content (AvgIpc) is 2.59. The first-order valence-corrected chi connectivity index (χ1v) is 8.38. The second-order valence-electron chi connectivity index (χ2n) is 4.85. The molecule has 8 heteroatoms. The highest BCUT2D eigenvalue weighted by molar-refractivity contribution is 7.92. The summed E-state index contributed by atoms with van der Waals surface area (Å²) < 4.78 is 27.3. The lowest BCUT2D eigenvalue weighted by Gasteiger charge is -2.09. The molecule has 2 aromatic rings. The second-order valence-corrected chi connectivity index (χ2v) is 6.53. The minimum atomic E-state index is -3.82. The van der Waals surface area contributed by atoms with Gasteiger partial charge in [0.1, 0.15) is 0 Å². The van der Waals surface area contributed by atoms with Gasteiger partial charge in [0.25, 0.3) is 15.9 Å². The lowest BCUT2D eigenvalue weighted by Crippen LogP contribution is -2.15. The summed E-state index contributed by atoms with van der Waals surface area (Å²) in [5.74, 6) is -0.720. The van der Waals surface area contributed by atoms with Crippen molar-refractivity contribution in [3.8, 4) is 0 Å². The fourth-order valence-corrected chi connectivity index (χ4v) is 3.05. The van der Waals surface area contributed by atoms with Gasteiger partial charge in [0.15, 0.2) is 0 Å². The highest BCUT2D eigenvalue weighted by Crippen LogP contribution is 2.18. The Morgan fingerprint density at radius 1 is 1.12 bits per heavy atom. The van der Waals surface area contributed by atoms with Gasteiger partial charge in [-0.25, -0.2) is 13.9 Å². The number of hydroxylamine groups is 1. The summed E-state index contributed by atoms with van der Waals surface area (Å²) in [7, 11) is -3.82. The van der Waals surface area contributed by atoms with Crippen LogP contribution in [0.15, 0.2) is 59.5 Å². The van der Waals surface area contributed by atoms with Gasteiger partial charge < -0.3 is 5.11 Å². The molecule has 2 aromatic carbocycles. The number of amides is 1. The summed E-state index contributed by atoms with van der Waals surface area (Å²) in [6, 6.07) is 12.4. The van der Waals surface area contributed by atoms with E-state index >= 15 is 0 Å². The summed E-state index contributed by atoms with van der Waals surface area (Å²) >= 11 is 0. The Balaban J connectivity index is 2.25. The molecule has 1 amide bonds. The van der Waals surface area contributed by atoms with Gasteiger partial charge >= 0.3 is 0 Å². The van der Waals surface area contributed by atoms with E-state index in [9.17, 15) is 13.2 Å². The molecule has 2 rings (SSSR count). The predicted octanol–water partition coefficient (Wildman–Crippen LogP) is 1.50. The van der Waals surface area contributed by atoms with Crippen molar-refractivity contribution in [2.45, 2.75) is 11.5 Å². The van der Waals surface area contributed by atoms with E-state index in [2.05, 4.69) is 4.72 Å². The van der Waals surface area contributed by atoms with Crippen LogP contribution in [0.2, 0.25) is 0 Å². The molecular formula is C16H16N2O5S. The Labute approximate surface area is 139 Å². The predicted molar refractivity (Wildman–Crippen MR) is 88.6 cm³/mol. The molecule has 0 bridgehead atoms. The van der Waals surface area contributed by atoms with Crippen LogP contribution in [0.5, 0.6) is 0 Å². The maximum atomic E-state index is 12.4. The molecule has 0 heterocycles. The quantitative estimate of drug-likeness (QED) is 0.359. The first-order valence-electron chi connectivity index (χ1n) is 6.89. The lowest BCUT2D eigenvalue weighted by molar-refractivity contribution is -0.124. The number of nitrogens with one attached hydrogen (secondary N) is 2. The molecule has 0 saturated heterocycles.